The highest BCUT2D eigenvalue weighted by Gasteiger charge is 2.27. The number of nitro benzene ring substituents is 1. The van der Waals surface area contributed by atoms with Crippen molar-refractivity contribution in [3.8, 4) is 0 Å². The number of anilines is 1. The van der Waals surface area contributed by atoms with E-state index in [0.717, 1.165) is 19.4 Å². The van der Waals surface area contributed by atoms with E-state index in [1.807, 2.05) is 20.8 Å². The van der Waals surface area contributed by atoms with E-state index in [1.54, 1.807) is 12.3 Å². The number of nitrogens with one attached hydrogen (secondary N) is 1. The topological polar surface area (TPSA) is 110 Å². The highest BCUT2D eigenvalue weighted by molar-refractivity contribution is 5.78. The molecular weight excluding hydrogens is 350 g/mol. The fourth-order valence-electron chi connectivity index (χ4n) is 3.11. The lowest BCUT2D eigenvalue weighted by atomic mass is 10.2. The number of ether oxygens (including phenoxy) is 1. The Labute approximate surface area is 156 Å². The van der Waals surface area contributed by atoms with Crippen LogP contribution in [0.15, 0.2) is 24.4 Å². The zero-order valence-corrected chi connectivity index (χ0v) is 15.6. The molecule has 1 saturated heterocycles. The lowest BCUT2D eigenvalue weighted by Crippen LogP contribution is -2.42. The second-order valence-electron chi connectivity index (χ2n) is 7.53. The van der Waals surface area contributed by atoms with Gasteiger partial charge < -0.3 is 15.0 Å². The lowest BCUT2D eigenvalue weighted by molar-refractivity contribution is -0.384. The highest BCUT2D eigenvalue weighted by atomic mass is 16.6. The van der Waals surface area contributed by atoms with Gasteiger partial charge in [-0.25, -0.2) is 9.78 Å². The van der Waals surface area contributed by atoms with Crippen LogP contribution in [-0.4, -0.2) is 45.7 Å². The third-order valence-corrected chi connectivity index (χ3v) is 4.28. The Balaban J connectivity index is 1.71. The monoisotopic (exact) mass is 373 g/mol. The van der Waals surface area contributed by atoms with Crippen LogP contribution in [0.4, 0.5) is 16.3 Å². The summed E-state index contributed by atoms with van der Waals surface area (Å²) in [6.45, 7) is 6.74. The summed E-state index contributed by atoms with van der Waals surface area (Å²) >= 11 is 0. The molecule has 1 atom stereocenters. The van der Waals surface area contributed by atoms with Crippen LogP contribution in [0.1, 0.15) is 33.6 Å². The average Bonchev–Trinajstić information content (AvgIpc) is 3.06. The molecule has 27 heavy (non-hydrogen) atoms. The van der Waals surface area contributed by atoms with Gasteiger partial charge in [-0.15, -0.1) is 0 Å². The molecule has 2 heterocycles. The van der Waals surface area contributed by atoms with Gasteiger partial charge in [0.2, 0.25) is 0 Å². The second kappa shape index (κ2) is 7.34. The van der Waals surface area contributed by atoms with Crippen LogP contribution in [0.5, 0.6) is 0 Å². The minimum atomic E-state index is -0.536. The molecule has 144 valence electrons. The van der Waals surface area contributed by atoms with Crippen LogP contribution in [-0.2, 0) is 4.74 Å². The molecular formula is C18H23N5O4. The minimum absolute atomic E-state index is 0.00911. The summed E-state index contributed by atoms with van der Waals surface area (Å²) in [5, 5.41) is 13.7. The van der Waals surface area contributed by atoms with Crippen molar-refractivity contribution in [3.05, 3.63) is 34.5 Å². The summed E-state index contributed by atoms with van der Waals surface area (Å²) in [5.41, 5.74) is 0.538. The van der Waals surface area contributed by atoms with Gasteiger partial charge in [-0.3, -0.25) is 15.1 Å². The molecule has 0 aliphatic carbocycles. The van der Waals surface area contributed by atoms with E-state index in [-0.39, 0.29) is 11.7 Å². The Morgan fingerprint density at radius 3 is 2.89 bits per heavy atom. The SMILES string of the molecule is CC(C)(C)OC(=O)NC[C@@H]1CCCN1c1cnc2cc([N+](=O)[O-])ccc2n1. The summed E-state index contributed by atoms with van der Waals surface area (Å²) in [7, 11) is 0. The van der Waals surface area contributed by atoms with E-state index >= 15 is 0 Å². The Morgan fingerprint density at radius 1 is 1.41 bits per heavy atom. The number of carbonyl (C=O) groups excluding carboxylic acids is 1. The van der Waals surface area contributed by atoms with Gasteiger partial charge in [0, 0.05) is 31.3 Å². The molecule has 0 radical (unpaired) electrons. The fraction of sp³-hybridized carbons (Fsp3) is 0.500. The Bertz CT molecular complexity index is 864. The van der Waals surface area contributed by atoms with Crippen LogP contribution >= 0.6 is 0 Å². The molecule has 1 amide bonds. The quantitative estimate of drug-likeness (QED) is 0.648. The lowest BCUT2D eigenvalue weighted by Gasteiger charge is -2.26. The molecule has 0 bridgehead atoms. The highest BCUT2D eigenvalue weighted by Crippen LogP contribution is 2.26. The number of hydrogen-bond donors (Lipinski definition) is 1. The third kappa shape index (κ3) is 4.60. The van der Waals surface area contributed by atoms with Gasteiger partial charge in [-0.05, 0) is 39.7 Å². The number of carbonyl (C=O) groups is 1. The van der Waals surface area contributed by atoms with Crippen LogP contribution in [0, 0.1) is 10.1 Å². The smallest absolute Gasteiger partial charge is 0.407 e. The molecule has 1 aliphatic heterocycles. The third-order valence-electron chi connectivity index (χ3n) is 4.28. The summed E-state index contributed by atoms with van der Waals surface area (Å²) < 4.78 is 5.28. The standard InChI is InChI=1S/C18H23N5O4/c1-18(2,3)27-17(24)20-10-13-5-4-8-22(13)16-11-19-15-9-12(23(25)26)6-7-14(15)21-16/h6-7,9,11,13H,4-5,8,10H2,1-3H3,(H,20,24)/t13-/m0/s1. The summed E-state index contributed by atoms with van der Waals surface area (Å²) in [6, 6.07) is 4.54. The number of hydrogen-bond acceptors (Lipinski definition) is 7. The first-order chi connectivity index (χ1) is 12.7. The Hall–Kier alpha value is -2.97. The zero-order valence-electron chi connectivity index (χ0n) is 15.6. The second-order valence-corrected chi connectivity index (χ2v) is 7.53. The number of aromatic nitrogens is 2. The van der Waals surface area contributed by atoms with Crippen molar-refractivity contribution in [1.82, 2.24) is 15.3 Å². The summed E-state index contributed by atoms with van der Waals surface area (Å²) in [5.74, 6) is 0.699. The average molecular weight is 373 g/mol. The number of nitrogens with zero attached hydrogens (tertiary/aromatic N) is 4. The van der Waals surface area contributed by atoms with Crippen molar-refractivity contribution in [2.75, 3.05) is 18.0 Å². The van der Waals surface area contributed by atoms with Gasteiger partial charge >= 0.3 is 6.09 Å². The molecule has 0 spiro atoms. The first-order valence-corrected chi connectivity index (χ1v) is 8.87. The molecule has 1 N–H and O–H groups in total. The van der Waals surface area contributed by atoms with Crippen molar-refractivity contribution < 1.29 is 14.5 Å². The Morgan fingerprint density at radius 2 is 2.19 bits per heavy atom. The van der Waals surface area contributed by atoms with Gasteiger partial charge in [0.25, 0.3) is 5.69 Å². The van der Waals surface area contributed by atoms with E-state index < -0.39 is 16.6 Å². The maximum Gasteiger partial charge on any atom is 0.407 e. The van der Waals surface area contributed by atoms with Gasteiger partial charge in [0.1, 0.15) is 11.4 Å². The number of alkyl carbamates (subject to hydrolysis) is 1. The van der Waals surface area contributed by atoms with Crippen LogP contribution in [0.25, 0.3) is 11.0 Å². The zero-order chi connectivity index (χ0) is 19.6. The predicted octanol–water partition coefficient (Wildman–Crippen LogP) is 3.03. The van der Waals surface area contributed by atoms with E-state index in [1.165, 1.54) is 12.1 Å². The predicted molar refractivity (Wildman–Crippen MR) is 101 cm³/mol. The van der Waals surface area contributed by atoms with Crippen molar-refractivity contribution in [1.29, 1.82) is 0 Å². The normalized spacial score (nSPS) is 17.1. The summed E-state index contributed by atoms with van der Waals surface area (Å²) in [4.78, 5) is 33.3. The molecule has 1 aliphatic rings. The molecule has 3 rings (SSSR count). The van der Waals surface area contributed by atoms with Gasteiger partial charge in [0.05, 0.1) is 22.2 Å². The molecule has 0 saturated carbocycles. The van der Waals surface area contributed by atoms with Crippen molar-refractivity contribution in [2.24, 2.45) is 0 Å². The number of nitro groups is 1. The van der Waals surface area contributed by atoms with Gasteiger partial charge in [-0.2, -0.15) is 0 Å². The molecule has 9 nitrogen and oxygen atoms in total. The van der Waals surface area contributed by atoms with Crippen molar-refractivity contribution in [2.45, 2.75) is 45.3 Å². The molecule has 0 unspecified atom stereocenters. The van der Waals surface area contributed by atoms with E-state index in [9.17, 15) is 14.9 Å². The largest absolute Gasteiger partial charge is 0.444 e. The molecule has 1 aromatic heterocycles. The van der Waals surface area contributed by atoms with Crippen LogP contribution in [0.2, 0.25) is 0 Å². The van der Waals surface area contributed by atoms with E-state index in [4.69, 9.17) is 4.74 Å². The Kier molecular flexibility index (Phi) is 5.11. The van der Waals surface area contributed by atoms with E-state index in [0.29, 0.717) is 23.4 Å². The van der Waals surface area contributed by atoms with E-state index in [2.05, 4.69) is 20.2 Å². The maximum atomic E-state index is 11.9. The molecule has 1 fully saturated rings. The fourth-order valence-corrected chi connectivity index (χ4v) is 3.11. The van der Waals surface area contributed by atoms with Crippen molar-refractivity contribution >= 4 is 28.6 Å². The number of amides is 1. The summed E-state index contributed by atoms with van der Waals surface area (Å²) in [6.07, 6.45) is 3.10. The number of benzene rings is 1. The van der Waals surface area contributed by atoms with Gasteiger partial charge in [0.15, 0.2) is 0 Å². The molecule has 2 aromatic rings. The maximum absolute atomic E-state index is 11.9. The van der Waals surface area contributed by atoms with Crippen LogP contribution < -0.4 is 10.2 Å². The number of non-ortho nitro benzene ring substituents is 1. The first-order valence-electron chi connectivity index (χ1n) is 8.87. The van der Waals surface area contributed by atoms with Gasteiger partial charge in [-0.1, -0.05) is 0 Å². The minimum Gasteiger partial charge on any atom is -0.444 e. The first kappa shape index (κ1) is 18.8. The molecule has 9 heteroatoms. The van der Waals surface area contributed by atoms with Crippen LogP contribution in [0.3, 0.4) is 0 Å². The van der Waals surface area contributed by atoms with Crippen molar-refractivity contribution in [3.63, 3.8) is 0 Å². The number of rotatable bonds is 4. The number of fused-ring (bicyclic) bond motifs is 1. The molecule has 1 aromatic carbocycles.